The van der Waals surface area contributed by atoms with Crippen LogP contribution in [-0.2, 0) is 25.5 Å². The number of ether oxygens (including phenoxy) is 3. The molecule has 1 aliphatic rings. The minimum absolute atomic E-state index is 0.0317. The number of hydrogen-bond donors (Lipinski definition) is 2. The molecule has 1 aromatic heterocycles. The van der Waals surface area contributed by atoms with E-state index >= 15 is 0 Å². The molecule has 0 spiro atoms. The molecular formula is C21H26N4O6. The van der Waals surface area contributed by atoms with Crippen molar-refractivity contribution in [2.45, 2.75) is 31.3 Å². The number of rotatable bonds is 7. The Labute approximate surface area is 179 Å². The smallest absolute Gasteiger partial charge is 0.328 e. The monoisotopic (exact) mass is 430 g/mol. The number of carbonyl (C=O) groups excluding carboxylic acids is 3. The van der Waals surface area contributed by atoms with Crippen molar-refractivity contribution in [2.75, 3.05) is 27.9 Å². The van der Waals surface area contributed by atoms with Gasteiger partial charge in [0.1, 0.15) is 17.8 Å². The minimum Gasteiger partial charge on any atom is -0.496 e. The third-order valence-electron chi connectivity index (χ3n) is 5.27. The first kappa shape index (κ1) is 22.1. The molecule has 166 valence electrons. The Morgan fingerprint density at radius 1 is 1.23 bits per heavy atom. The maximum absolute atomic E-state index is 13.3. The predicted octanol–water partition coefficient (Wildman–Crippen LogP) is 1.57. The molecule has 0 fully saturated rings. The van der Waals surface area contributed by atoms with Crippen molar-refractivity contribution >= 4 is 18.0 Å². The number of urea groups is 1. The summed E-state index contributed by atoms with van der Waals surface area (Å²) in [6, 6.07) is 5.44. The van der Waals surface area contributed by atoms with Gasteiger partial charge in [-0.2, -0.15) is 0 Å². The van der Waals surface area contributed by atoms with Crippen LogP contribution in [0.1, 0.15) is 35.8 Å². The summed E-state index contributed by atoms with van der Waals surface area (Å²) in [5.41, 5.74) is 2.43. The van der Waals surface area contributed by atoms with Gasteiger partial charge in [-0.25, -0.2) is 14.6 Å². The van der Waals surface area contributed by atoms with Crippen LogP contribution >= 0.6 is 0 Å². The van der Waals surface area contributed by atoms with Crippen LogP contribution in [0.4, 0.5) is 4.79 Å². The fourth-order valence-electron chi connectivity index (χ4n) is 3.69. The average Bonchev–Trinajstić information content (AvgIpc) is 3.29. The fourth-order valence-corrected chi connectivity index (χ4v) is 3.69. The van der Waals surface area contributed by atoms with Gasteiger partial charge in [0.05, 0.1) is 33.4 Å². The predicted molar refractivity (Wildman–Crippen MR) is 109 cm³/mol. The van der Waals surface area contributed by atoms with Crippen LogP contribution in [0.25, 0.3) is 0 Å². The molecule has 1 unspecified atom stereocenters. The first-order chi connectivity index (χ1) is 15.0. The molecule has 0 aliphatic carbocycles. The van der Waals surface area contributed by atoms with E-state index in [1.807, 2.05) is 24.3 Å². The Balaban J connectivity index is 1.88. The summed E-state index contributed by atoms with van der Waals surface area (Å²) in [7, 11) is 4.06. The second-order valence-electron chi connectivity index (χ2n) is 6.99. The Morgan fingerprint density at radius 3 is 2.71 bits per heavy atom. The molecule has 0 saturated carbocycles. The Hall–Kier alpha value is -3.56. The van der Waals surface area contributed by atoms with Crippen molar-refractivity contribution in [3.05, 3.63) is 47.5 Å². The van der Waals surface area contributed by atoms with E-state index in [1.165, 1.54) is 14.2 Å². The highest BCUT2D eigenvalue weighted by Crippen LogP contribution is 2.37. The number of para-hydroxylation sites is 1. The maximum atomic E-state index is 13.3. The molecule has 2 atom stereocenters. The van der Waals surface area contributed by atoms with Crippen LogP contribution in [-0.4, -0.2) is 66.8 Å². The number of aromatic amines is 1. The number of esters is 2. The molecule has 1 aliphatic heterocycles. The van der Waals surface area contributed by atoms with Crippen LogP contribution in [0.2, 0.25) is 0 Å². The van der Waals surface area contributed by atoms with Crippen molar-refractivity contribution in [3.8, 4) is 5.75 Å². The third kappa shape index (κ3) is 4.79. The van der Waals surface area contributed by atoms with Crippen LogP contribution < -0.4 is 10.1 Å². The molecule has 2 N–H and O–H groups in total. The van der Waals surface area contributed by atoms with Crippen LogP contribution in [0.5, 0.6) is 5.75 Å². The van der Waals surface area contributed by atoms with Gasteiger partial charge in [0.15, 0.2) is 0 Å². The van der Waals surface area contributed by atoms with E-state index < -0.39 is 30.1 Å². The Bertz CT molecular complexity index is 943. The zero-order chi connectivity index (χ0) is 22.4. The number of H-pyrrole nitrogens is 1. The van der Waals surface area contributed by atoms with Crippen molar-refractivity contribution in [1.29, 1.82) is 0 Å². The largest absolute Gasteiger partial charge is 0.496 e. The lowest BCUT2D eigenvalue weighted by Gasteiger charge is -2.36. The summed E-state index contributed by atoms with van der Waals surface area (Å²) in [6.07, 6.45) is 2.21. The number of carbonyl (C=O) groups is 3. The summed E-state index contributed by atoms with van der Waals surface area (Å²) >= 11 is 0. The summed E-state index contributed by atoms with van der Waals surface area (Å²) in [6.45, 7) is 0.397. The van der Waals surface area contributed by atoms with E-state index in [0.29, 0.717) is 18.7 Å². The number of methoxy groups -OCH3 is 3. The summed E-state index contributed by atoms with van der Waals surface area (Å²) < 4.78 is 14.9. The van der Waals surface area contributed by atoms with Crippen LogP contribution in [0, 0.1) is 0 Å². The Morgan fingerprint density at radius 2 is 2.00 bits per heavy atom. The maximum Gasteiger partial charge on any atom is 0.328 e. The van der Waals surface area contributed by atoms with Gasteiger partial charge in [-0.1, -0.05) is 18.2 Å². The standard InChI is InChI=1S/C21H26N4O6/c1-29-16-7-5-4-6-13(16)19-18-14(22-12-23-18)10-11-25(19)21(28)24-15(20(27)31-3)8-9-17(26)30-2/h4-7,12,15,19H,8-11H2,1-3H3,(H,22,23)(H,24,28)/t15-,19?/m0/s1. The second-order valence-corrected chi connectivity index (χ2v) is 6.99. The van der Waals surface area contributed by atoms with Gasteiger partial charge in [0, 0.05) is 30.6 Å². The van der Waals surface area contributed by atoms with Crippen LogP contribution in [0.3, 0.4) is 0 Å². The van der Waals surface area contributed by atoms with Gasteiger partial charge in [-0.3, -0.25) is 4.79 Å². The van der Waals surface area contributed by atoms with E-state index in [0.717, 1.165) is 17.0 Å². The van der Waals surface area contributed by atoms with E-state index in [1.54, 1.807) is 18.3 Å². The molecule has 1 aromatic carbocycles. The SMILES string of the molecule is COC(=O)CC[C@H](NC(=O)N1CCc2[nH]cnc2C1c1ccccc1OC)C(=O)OC. The third-order valence-corrected chi connectivity index (χ3v) is 5.27. The van der Waals surface area contributed by atoms with Gasteiger partial charge < -0.3 is 29.4 Å². The number of benzene rings is 1. The topological polar surface area (TPSA) is 123 Å². The summed E-state index contributed by atoms with van der Waals surface area (Å²) in [5, 5.41) is 2.70. The van der Waals surface area contributed by atoms with Gasteiger partial charge in [-0.15, -0.1) is 0 Å². The van der Waals surface area contributed by atoms with Crippen molar-refractivity contribution in [3.63, 3.8) is 0 Å². The van der Waals surface area contributed by atoms with E-state index in [-0.39, 0.29) is 12.8 Å². The number of aromatic nitrogens is 2. The Kier molecular flexibility index (Phi) is 7.11. The normalized spacial score (nSPS) is 16.1. The number of imidazole rings is 1. The summed E-state index contributed by atoms with van der Waals surface area (Å²) in [4.78, 5) is 46.1. The summed E-state index contributed by atoms with van der Waals surface area (Å²) in [5.74, 6) is -0.492. The molecule has 2 aromatic rings. The molecule has 0 saturated heterocycles. The molecule has 0 bridgehead atoms. The molecule has 3 rings (SSSR count). The minimum atomic E-state index is -0.990. The highest BCUT2D eigenvalue weighted by Gasteiger charge is 2.37. The number of nitrogens with zero attached hydrogens (tertiary/aromatic N) is 2. The number of fused-ring (bicyclic) bond motifs is 1. The highest BCUT2D eigenvalue weighted by atomic mass is 16.5. The first-order valence-corrected chi connectivity index (χ1v) is 9.87. The zero-order valence-corrected chi connectivity index (χ0v) is 17.7. The number of amides is 2. The molecule has 2 heterocycles. The molecule has 0 radical (unpaired) electrons. The van der Waals surface area contributed by atoms with Gasteiger partial charge >= 0.3 is 18.0 Å². The number of nitrogens with one attached hydrogen (secondary N) is 2. The van der Waals surface area contributed by atoms with E-state index in [2.05, 4.69) is 20.0 Å². The van der Waals surface area contributed by atoms with Crippen molar-refractivity contribution in [1.82, 2.24) is 20.2 Å². The van der Waals surface area contributed by atoms with Crippen molar-refractivity contribution in [2.24, 2.45) is 0 Å². The van der Waals surface area contributed by atoms with E-state index in [4.69, 9.17) is 9.47 Å². The molecule has 31 heavy (non-hydrogen) atoms. The van der Waals surface area contributed by atoms with Crippen molar-refractivity contribution < 1.29 is 28.6 Å². The first-order valence-electron chi connectivity index (χ1n) is 9.87. The lowest BCUT2D eigenvalue weighted by Crippen LogP contribution is -2.51. The second kappa shape index (κ2) is 9.96. The van der Waals surface area contributed by atoms with Gasteiger partial charge in [0.25, 0.3) is 0 Å². The number of hydrogen-bond acceptors (Lipinski definition) is 7. The molecule has 10 nitrogen and oxygen atoms in total. The van der Waals surface area contributed by atoms with Crippen LogP contribution in [0.15, 0.2) is 30.6 Å². The van der Waals surface area contributed by atoms with Gasteiger partial charge in [-0.05, 0) is 12.5 Å². The zero-order valence-electron chi connectivity index (χ0n) is 17.7. The molecule has 2 amide bonds. The quantitative estimate of drug-likeness (QED) is 0.639. The average molecular weight is 430 g/mol. The lowest BCUT2D eigenvalue weighted by atomic mass is 9.95. The lowest BCUT2D eigenvalue weighted by molar-refractivity contribution is -0.144. The molecular weight excluding hydrogens is 404 g/mol. The highest BCUT2D eigenvalue weighted by molar-refractivity contribution is 5.84. The fraction of sp³-hybridized carbons (Fsp3) is 0.429. The van der Waals surface area contributed by atoms with Gasteiger partial charge in [0.2, 0.25) is 0 Å². The van der Waals surface area contributed by atoms with E-state index in [9.17, 15) is 14.4 Å². The molecule has 10 heteroatoms.